The fourth-order valence-corrected chi connectivity index (χ4v) is 4.44. The molecule has 0 saturated heterocycles. The first-order chi connectivity index (χ1) is 13.7. The van der Waals surface area contributed by atoms with Crippen molar-refractivity contribution in [3.05, 3.63) is 59.7 Å². The molecule has 3 rings (SSSR count). The minimum Gasteiger partial charge on any atom is -0.385 e. The van der Waals surface area contributed by atoms with Crippen molar-refractivity contribution in [2.45, 2.75) is 51.3 Å². The Hall–Kier alpha value is -1.69. The number of ether oxygens (including phenoxy) is 1. The summed E-state index contributed by atoms with van der Waals surface area (Å²) >= 11 is 0. The van der Waals surface area contributed by atoms with E-state index in [1.54, 1.807) is 13.2 Å². The number of rotatable bonds is 10. The average molecular weight is 390 g/mol. The molecule has 28 heavy (non-hydrogen) atoms. The third-order valence-corrected chi connectivity index (χ3v) is 5.84. The molecule has 2 aromatic rings. The molecular formula is C23H34FN2O2+. The van der Waals surface area contributed by atoms with Gasteiger partial charge in [-0.3, -0.25) is 0 Å². The Morgan fingerprint density at radius 2 is 1.96 bits per heavy atom. The van der Waals surface area contributed by atoms with Gasteiger partial charge in [0.15, 0.2) is 0 Å². The Kier molecular flexibility index (Phi) is 8.07. The van der Waals surface area contributed by atoms with Crippen LogP contribution in [0.1, 0.15) is 43.4 Å². The SMILES string of the molecule is COC[C@H](O)C[NH+](Cc1cccn1Cc1ccccc1F)CC1CCCCC1. The fourth-order valence-electron chi connectivity index (χ4n) is 4.44. The second kappa shape index (κ2) is 10.7. The van der Waals surface area contributed by atoms with Crippen molar-refractivity contribution in [1.29, 1.82) is 0 Å². The molecule has 0 bridgehead atoms. The van der Waals surface area contributed by atoms with Gasteiger partial charge in [-0.05, 0) is 31.0 Å². The number of hydrogen-bond acceptors (Lipinski definition) is 2. The molecule has 154 valence electrons. The lowest BCUT2D eigenvalue weighted by Gasteiger charge is -2.29. The number of benzene rings is 1. The number of nitrogens with one attached hydrogen (secondary N) is 1. The molecule has 0 radical (unpaired) electrons. The highest BCUT2D eigenvalue weighted by atomic mass is 19.1. The van der Waals surface area contributed by atoms with Gasteiger partial charge in [0.05, 0.1) is 25.4 Å². The van der Waals surface area contributed by atoms with Gasteiger partial charge in [0.25, 0.3) is 0 Å². The molecule has 1 fully saturated rings. The van der Waals surface area contributed by atoms with Crippen LogP contribution >= 0.6 is 0 Å². The summed E-state index contributed by atoms with van der Waals surface area (Å²) < 4.78 is 21.3. The van der Waals surface area contributed by atoms with Gasteiger partial charge in [0.1, 0.15) is 25.0 Å². The summed E-state index contributed by atoms with van der Waals surface area (Å²) in [7, 11) is 1.63. The predicted octanol–water partition coefficient (Wildman–Crippen LogP) is 2.65. The lowest BCUT2D eigenvalue weighted by molar-refractivity contribution is -0.920. The van der Waals surface area contributed by atoms with Crippen LogP contribution in [0.4, 0.5) is 4.39 Å². The Morgan fingerprint density at radius 1 is 1.18 bits per heavy atom. The van der Waals surface area contributed by atoms with E-state index < -0.39 is 6.10 Å². The van der Waals surface area contributed by atoms with Crippen LogP contribution in [0, 0.1) is 11.7 Å². The first-order valence-electron chi connectivity index (χ1n) is 10.5. The number of nitrogens with zero attached hydrogens (tertiary/aromatic N) is 1. The molecular weight excluding hydrogens is 355 g/mol. The summed E-state index contributed by atoms with van der Waals surface area (Å²) in [6, 6.07) is 11.1. The number of hydrogen-bond donors (Lipinski definition) is 2. The molecule has 1 aliphatic rings. The van der Waals surface area contributed by atoms with Gasteiger partial charge in [-0.15, -0.1) is 0 Å². The zero-order valence-corrected chi connectivity index (χ0v) is 16.9. The van der Waals surface area contributed by atoms with Gasteiger partial charge in [0, 0.05) is 24.8 Å². The normalized spacial score (nSPS) is 17.5. The maximum absolute atomic E-state index is 14.1. The number of quaternary nitrogens is 1. The Balaban J connectivity index is 1.69. The van der Waals surface area contributed by atoms with Crippen LogP contribution in [0.2, 0.25) is 0 Å². The van der Waals surface area contributed by atoms with Crippen molar-refractivity contribution >= 4 is 0 Å². The Labute approximate surface area is 167 Å². The maximum Gasteiger partial charge on any atom is 0.128 e. The molecule has 0 amide bonds. The third kappa shape index (κ3) is 6.16. The zero-order chi connectivity index (χ0) is 19.8. The Morgan fingerprint density at radius 3 is 2.71 bits per heavy atom. The third-order valence-electron chi connectivity index (χ3n) is 5.84. The van der Waals surface area contributed by atoms with Gasteiger partial charge >= 0.3 is 0 Å². The summed E-state index contributed by atoms with van der Waals surface area (Å²) in [5, 5.41) is 10.3. The second-order valence-corrected chi connectivity index (χ2v) is 8.17. The van der Waals surface area contributed by atoms with Crippen molar-refractivity contribution in [3.63, 3.8) is 0 Å². The molecule has 1 aromatic heterocycles. The number of aromatic nitrogens is 1. The fraction of sp³-hybridized carbons (Fsp3) is 0.565. The monoisotopic (exact) mass is 389 g/mol. The smallest absolute Gasteiger partial charge is 0.128 e. The highest BCUT2D eigenvalue weighted by Crippen LogP contribution is 2.22. The molecule has 2 N–H and O–H groups in total. The molecule has 1 aromatic carbocycles. The van der Waals surface area contributed by atoms with E-state index in [-0.39, 0.29) is 5.82 Å². The number of halogens is 1. The zero-order valence-electron chi connectivity index (χ0n) is 16.9. The molecule has 5 heteroatoms. The molecule has 2 atom stereocenters. The lowest BCUT2D eigenvalue weighted by atomic mass is 9.89. The van der Waals surface area contributed by atoms with E-state index in [2.05, 4.69) is 10.6 Å². The van der Waals surface area contributed by atoms with E-state index in [0.717, 1.165) is 19.0 Å². The van der Waals surface area contributed by atoms with E-state index in [1.165, 1.54) is 48.8 Å². The highest BCUT2D eigenvalue weighted by Gasteiger charge is 2.23. The first-order valence-corrected chi connectivity index (χ1v) is 10.5. The van der Waals surface area contributed by atoms with Crippen molar-refractivity contribution in [2.75, 3.05) is 26.8 Å². The van der Waals surface area contributed by atoms with Gasteiger partial charge in [-0.1, -0.05) is 37.5 Å². The highest BCUT2D eigenvalue weighted by molar-refractivity contribution is 5.19. The number of aliphatic hydroxyl groups is 1. The predicted molar refractivity (Wildman–Crippen MR) is 109 cm³/mol. The first kappa shape index (κ1) is 21.0. The lowest BCUT2D eigenvalue weighted by Crippen LogP contribution is -3.12. The van der Waals surface area contributed by atoms with Crippen molar-refractivity contribution in [1.82, 2.24) is 4.57 Å². The molecule has 1 saturated carbocycles. The van der Waals surface area contributed by atoms with Crippen LogP contribution in [0.3, 0.4) is 0 Å². The van der Waals surface area contributed by atoms with E-state index in [4.69, 9.17) is 4.74 Å². The summed E-state index contributed by atoms with van der Waals surface area (Å²) in [6.07, 6.45) is 8.14. The topological polar surface area (TPSA) is 38.8 Å². The number of aliphatic hydroxyl groups excluding tert-OH is 1. The van der Waals surface area contributed by atoms with Gasteiger partial charge in [-0.2, -0.15) is 0 Å². The van der Waals surface area contributed by atoms with Crippen LogP contribution in [-0.2, 0) is 17.8 Å². The largest absolute Gasteiger partial charge is 0.385 e. The van der Waals surface area contributed by atoms with Crippen molar-refractivity contribution < 1.29 is 19.1 Å². The van der Waals surface area contributed by atoms with Crippen LogP contribution in [-0.4, -0.2) is 42.6 Å². The van der Waals surface area contributed by atoms with E-state index in [9.17, 15) is 9.50 Å². The molecule has 0 spiro atoms. The maximum atomic E-state index is 14.1. The average Bonchev–Trinajstić information content (AvgIpc) is 3.11. The second-order valence-electron chi connectivity index (χ2n) is 8.17. The van der Waals surface area contributed by atoms with Crippen molar-refractivity contribution in [3.8, 4) is 0 Å². The van der Waals surface area contributed by atoms with Gasteiger partial charge < -0.3 is 19.3 Å². The molecule has 0 aliphatic heterocycles. The summed E-state index contributed by atoms with van der Waals surface area (Å²) in [5.74, 6) is 0.567. The van der Waals surface area contributed by atoms with E-state index in [1.807, 2.05) is 24.4 Å². The standard InChI is InChI=1S/C23H33FN2O2/c1-28-18-22(27)17-25(14-19-8-3-2-4-9-19)16-21-11-7-13-26(21)15-20-10-5-6-12-23(20)24/h5-7,10-13,19,22,27H,2-4,8-9,14-18H2,1H3/p+1/t22-/m1/s1. The summed E-state index contributed by atoms with van der Waals surface area (Å²) in [6.45, 7) is 3.48. The molecule has 1 aliphatic carbocycles. The summed E-state index contributed by atoms with van der Waals surface area (Å²) in [5.41, 5.74) is 1.88. The summed E-state index contributed by atoms with van der Waals surface area (Å²) in [4.78, 5) is 1.38. The Bertz CT molecular complexity index is 712. The van der Waals surface area contributed by atoms with Gasteiger partial charge in [-0.25, -0.2) is 4.39 Å². The minimum absolute atomic E-state index is 0.163. The van der Waals surface area contributed by atoms with Gasteiger partial charge in [0.2, 0.25) is 0 Å². The molecule has 4 nitrogen and oxygen atoms in total. The molecule has 1 heterocycles. The minimum atomic E-state index is -0.460. The van der Waals surface area contributed by atoms with Crippen LogP contribution < -0.4 is 4.90 Å². The van der Waals surface area contributed by atoms with Crippen molar-refractivity contribution in [2.24, 2.45) is 5.92 Å². The molecule has 1 unspecified atom stereocenters. The van der Waals surface area contributed by atoms with Crippen LogP contribution in [0.15, 0.2) is 42.6 Å². The van der Waals surface area contributed by atoms with Crippen LogP contribution in [0.25, 0.3) is 0 Å². The van der Waals surface area contributed by atoms with Crippen LogP contribution in [0.5, 0.6) is 0 Å². The quantitative estimate of drug-likeness (QED) is 0.656. The van der Waals surface area contributed by atoms with E-state index >= 15 is 0 Å². The van der Waals surface area contributed by atoms with E-state index in [0.29, 0.717) is 25.3 Å². The number of methoxy groups -OCH3 is 1.